The van der Waals surface area contributed by atoms with Gasteiger partial charge in [0.25, 0.3) is 0 Å². The summed E-state index contributed by atoms with van der Waals surface area (Å²) in [5.74, 6) is 0. The van der Waals surface area contributed by atoms with Crippen LogP contribution < -0.4 is 0 Å². The zero-order chi connectivity index (χ0) is 11.4. The highest BCUT2D eigenvalue weighted by Gasteiger charge is 1.96. The lowest BCUT2D eigenvalue weighted by Crippen LogP contribution is -2.26. The molecule has 1 N–H and O–H groups in total. The molecule has 0 aliphatic rings. The van der Waals surface area contributed by atoms with Crippen molar-refractivity contribution in [3.8, 4) is 0 Å². The molecule has 0 saturated carbocycles. The maximum Gasteiger partial charge on any atom is 0.0701 e. The van der Waals surface area contributed by atoms with Crippen LogP contribution in [0, 0.1) is 0 Å². The van der Waals surface area contributed by atoms with Gasteiger partial charge in [0.05, 0.1) is 39.6 Å². The first-order valence-electron chi connectivity index (χ1n) is 5.25. The van der Waals surface area contributed by atoms with Gasteiger partial charge in [-0.3, -0.25) is 0 Å². The molecule has 0 atom stereocenters. The summed E-state index contributed by atoms with van der Waals surface area (Å²) in [4.78, 5) is 2.02. The minimum Gasteiger partial charge on any atom is -0.395 e. The largest absolute Gasteiger partial charge is 0.395 e. The van der Waals surface area contributed by atoms with Crippen LogP contribution >= 0.6 is 0 Å². The summed E-state index contributed by atoms with van der Waals surface area (Å²) in [6, 6.07) is 0. The van der Waals surface area contributed by atoms with Crippen molar-refractivity contribution in [3.63, 3.8) is 0 Å². The second kappa shape index (κ2) is 11.9. The van der Waals surface area contributed by atoms with Gasteiger partial charge in [-0.2, -0.15) is 0 Å². The van der Waals surface area contributed by atoms with Gasteiger partial charge in [-0.1, -0.05) is 0 Å². The predicted octanol–water partition coefficient (Wildman–Crippen LogP) is -0.410. The molecule has 0 aromatic carbocycles. The summed E-state index contributed by atoms with van der Waals surface area (Å²) in [6.45, 7) is 4.83. The number of methoxy groups -OCH3 is 1. The van der Waals surface area contributed by atoms with E-state index in [1.54, 1.807) is 7.11 Å². The molecule has 5 heteroatoms. The SMILES string of the molecule is COCCOCCOCCN(C)CCO. The Bertz CT molecular complexity index is 124. The molecule has 92 valence electrons. The molecule has 0 aromatic rings. The van der Waals surface area contributed by atoms with E-state index in [0.29, 0.717) is 39.6 Å². The highest BCUT2D eigenvalue weighted by Crippen LogP contribution is 1.84. The number of hydrogen-bond acceptors (Lipinski definition) is 5. The van der Waals surface area contributed by atoms with E-state index in [4.69, 9.17) is 19.3 Å². The molecule has 0 amide bonds. The maximum atomic E-state index is 8.65. The average molecular weight is 221 g/mol. The summed E-state index contributed by atoms with van der Waals surface area (Å²) in [5.41, 5.74) is 0. The molecule has 0 rings (SSSR count). The number of hydrogen-bond donors (Lipinski definition) is 1. The van der Waals surface area contributed by atoms with E-state index in [2.05, 4.69) is 0 Å². The van der Waals surface area contributed by atoms with Crippen LogP contribution in [0.25, 0.3) is 0 Å². The Kier molecular flexibility index (Phi) is 11.7. The third kappa shape index (κ3) is 11.7. The van der Waals surface area contributed by atoms with Gasteiger partial charge in [0.2, 0.25) is 0 Å². The van der Waals surface area contributed by atoms with Crippen molar-refractivity contribution in [2.24, 2.45) is 0 Å². The average Bonchev–Trinajstić information content (AvgIpc) is 2.22. The van der Waals surface area contributed by atoms with Crippen LogP contribution in [0.2, 0.25) is 0 Å². The summed E-state index contributed by atoms with van der Waals surface area (Å²) in [6.07, 6.45) is 0. The molecular formula is C10H23NO4. The van der Waals surface area contributed by atoms with Crippen LogP contribution in [-0.4, -0.2) is 76.9 Å². The highest BCUT2D eigenvalue weighted by atomic mass is 16.5. The van der Waals surface area contributed by atoms with Crippen LogP contribution in [0.5, 0.6) is 0 Å². The van der Waals surface area contributed by atoms with Crippen LogP contribution in [-0.2, 0) is 14.2 Å². The van der Waals surface area contributed by atoms with Crippen LogP contribution in [0.3, 0.4) is 0 Å². The molecule has 0 saturated heterocycles. The summed E-state index contributed by atoms with van der Waals surface area (Å²) in [5, 5.41) is 8.65. The quantitative estimate of drug-likeness (QED) is 0.481. The standard InChI is InChI=1S/C10H23NO4/c1-11(3-5-12)4-6-14-9-10-15-8-7-13-2/h12H,3-10H2,1-2H3. The third-order valence-corrected chi connectivity index (χ3v) is 1.90. The molecule has 0 spiro atoms. The molecule has 0 fully saturated rings. The molecule has 0 aromatic heterocycles. The lowest BCUT2D eigenvalue weighted by atomic mass is 10.5. The van der Waals surface area contributed by atoms with Crippen LogP contribution in [0.4, 0.5) is 0 Å². The van der Waals surface area contributed by atoms with E-state index >= 15 is 0 Å². The smallest absolute Gasteiger partial charge is 0.0701 e. The zero-order valence-electron chi connectivity index (χ0n) is 9.78. The first kappa shape index (κ1) is 14.8. The molecule has 0 heterocycles. The summed E-state index contributed by atoms with van der Waals surface area (Å²) < 4.78 is 15.4. The fourth-order valence-corrected chi connectivity index (χ4v) is 0.967. The Labute approximate surface area is 91.9 Å². The van der Waals surface area contributed by atoms with Crippen molar-refractivity contribution in [1.82, 2.24) is 4.90 Å². The minimum absolute atomic E-state index is 0.191. The Hall–Kier alpha value is -0.200. The third-order valence-electron chi connectivity index (χ3n) is 1.90. The summed E-state index contributed by atoms with van der Waals surface area (Å²) >= 11 is 0. The van der Waals surface area contributed by atoms with Gasteiger partial charge in [-0.05, 0) is 7.05 Å². The lowest BCUT2D eigenvalue weighted by Gasteiger charge is -2.14. The molecule has 15 heavy (non-hydrogen) atoms. The minimum atomic E-state index is 0.191. The van der Waals surface area contributed by atoms with Crippen molar-refractivity contribution < 1.29 is 19.3 Å². The predicted molar refractivity (Wildman–Crippen MR) is 58.1 cm³/mol. The van der Waals surface area contributed by atoms with E-state index in [1.165, 1.54) is 0 Å². The van der Waals surface area contributed by atoms with Gasteiger partial charge >= 0.3 is 0 Å². The van der Waals surface area contributed by atoms with Gasteiger partial charge in [-0.15, -0.1) is 0 Å². The number of aliphatic hydroxyl groups excluding tert-OH is 1. The Morgan fingerprint density at radius 2 is 1.53 bits per heavy atom. The van der Waals surface area contributed by atoms with Crippen molar-refractivity contribution >= 4 is 0 Å². The Morgan fingerprint density at radius 3 is 2.13 bits per heavy atom. The normalized spacial score (nSPS) is 11.2. The van der Waals surface area contributed by atoms with Gasteiger partial charge in [-0.25, -0.2) is 0 Å². The topological polar surface area (TPSA) is 51.2 Å². The number of ether oxygens (including phenoxy) is 3. The number of rotatable bonds is 11. The second-order valence-electron chi connectivity index (χ2n) is 3.24. The van der Waals surface area contributed by atoms with Crippen molar-refractivity contribution in [3.05, 3.63) is 0 Å². The van der Waals surface area contributed by atoms with Gasteiger partial charge in [0, 0.05) is 20.2 Å². The number of aliphatic hydroxyl groups is 1. The van der Waals surface area contributed by atoms with Gasteiger partial charge in [0.1, 0.15) is 0 Å². The van der Waals surface area contributed by atoms with Crippen LogP contribution in [0.1, 0.15) is 0 Å². The molecule has 0 radical (unpaired) electrons. The first-order chi connectivity index (χ1) is 7.31. The van der Waals surface area contributed by atoms with Crippen molar-refractivity contribution in [2.45, 2.75) is 0 Å². The molecule has 0 aliphatic heterocycles. The molecular weight excluding hydrogens is 198 g/mol. The number of likely N-dealkylation sites (N-methyl/N-ethyl adjacent to an activating group) is 1. The zero-order valence-corrected chi connectivity index (χ0v) is 9.78. The van der Waals surface area contributed by atoms with Crippen LogP contribution in [0.15, 0.2) is 0 Å². The monoisotopic (exact) mass is 221 g/mol. The van der Waals surface area contributed by atoms with Gasteiger partial charge < -0.3 is 24.2 Å². The van der Waals surface area contributed by atoms with Crippen molar-refractivity contribution in [1.29, 1.82) is 0 Å². The fourth-order valence-electron chi connectivity index (χ4n) is 0.967. The lowest BCUT2D eigenvalue weighted by molar-refractivity contribution is 0.0202. The van der Waals surface area contributed by atoms with Gasteiger partial charge in [0.15, 0.2) is 0 Å². The fraction of sp³-hybridized carbons (Fsp3) is 1.00. The molecule has 0 unspecified atom stereocenters. The Morgan fingerprint density at radius 1 is 0.933 bits per heavy atom. The summed E-state index contributed by atoms with van der Waals surface area (Å²) in [7, 11) is 3.60. The number of nitrogens with zero attached hydrogens (tertiary/aromatic N) is 1. The first-order valence-corrected chi connectivity index (χ1v) is 5.25. The Balaban J connectivity index is 2.98. The van der Waals surface area contributed by atoms with E-state index in [0.717, 1.165) is 6.54 Å². The van der Waals surface area contributed by atoms with Crippen molar-refractivity contribution in [2.75, 3.05) is 66.9 Å². The molecule has 0 bridgehead atoms. The maximum absolute atomic E-state index is 8.65. The van der Waals surface area contributed by atoms with E-state index in [-0.39, 0.29) is 6.61 Å². The van der Waals surface area contributed by atoms with E-state index < -0.39 is 0 Å². The molecule has 0 aliphatic carbocycles. The van der Waals surface area contributed by atoms with E-state index in [1.807, 2.05) is 11.9 Å². The second-order valence-corrected chi connectivity index (χ2v) is 3.24. The molecule has 5 nitrogen and oxygen atoms in total. The highest BCUT2D eigenvalue weighted by molar-refractivity contribution is 4.47. The van der Waals surface area contributed by atoms with E-state index in [9.17, 15) is 0 Å².